The van der Waals surface area contributed by atoms with Crippen molar-refractivity contribution in [2.75, 3.05) is 13.2 Å². The zero-order valence-corrected chi connectivity index (χ0v) is 13.3. The van der Waals surface area contributed by atoms with E-state index in [1.54, 1.807) is 12.4 Å². The summed E-state index contributed by atoms with van der Waals surface area (Å²) in [5.74, 6) is 0.357. The van der Waals surface area contributed by atoms with Crippen LogP contribution in [-0.4, -0.2) is 34.8 Å². The average molecular weight is 305 g/mol. The standard InChI is InChI=1S/C17H27N3O2/c1-17(13-21,15-7-3-2-4-8-15)20-16(22)19-11-9-14-6-5-10-18-12-14/h5-6,10,12,15,21H,2-4,7-9,11,13H2,1H3,(H2,19,20,22). The molecule has 1 unspecified atom stereocenters. The number of rotatable bonds is 6. The molecule has 5 heteroatoms. The Morgan fingerprint density at radius 3 is 2.82 bits per heavy atom. The minimum atomic E-state index is -0.529. The quantitative estimate of drug-likeness (QED) is 0.754. The van der Waals surface area contributed by atoms with Crippen LogP contribution in [0.4, 0.5) is 4.79 Å². The fourth-order valence-electron chi connectivity index (χ4n) is 3.18. The third kappa shape index (κ3) is 4.70. The third-order valence-corrected chi connectivity index (χ3v) is 4.66. The fraction of sp³-hybridized carbons (Fsp3) is 0.647. The molecule has 0 aromatic carbocycles. The summed E-state index contributed by atoms with van der Waals surface area (Å²) in [5.41, 5.74) is 0.568. The Balaban J connectivity index is 1.78. The van der Waals surface area contributed by atoms with Crippen molar-refractivity contribution >= 4 is 6.03 Å². The number of nitrogens with one attached hydrogen (secondary N) is 2. The van der Waals surface area contributed by atoms with Crippen LogP contribution in [0.5, 0.6) is 0 Å². The Morgan fingerprint density at radius 2 is 2.18 bits per heavy atom. The first-order valence-corrected chi connectivity index (χ1v) is 8.20. The van der Waals surface area contributed by atoms with Crippen LogP contribution in [0.25, 0.3) is 0 Å². The Hall–Kier alpha value is -1.62. The highest BCUT2D eigenvalue weighted by Gasteiger charge is 2.35. The van der Waals surface area contributed by atoms with Gasteiger partial charge in [0.2, 0.25) is 0 Å². The van der Waals surface area contributed by atoms with Crippen molar-refractivity contribution in [2.24, 2.45) is 5.92 Å². The lowest BCUT2D eigenvalue weighted by Gasteiger charge is -2.39. The highest BCUT2D eigenvalue weighted by molar-refractivity contribution is 5.74. The monoisotopic (exact) mass is 305 g/mol. The van der Waals surface area contributed by atoms with E-state index >= 15 is 0 Å². The van der Waals surface area contributed by atoms with E-state index in [4.69, 9.17) is 0 Å². The molecule has 1 saturated carbocycles. The summed E-state index contributed by atoms with van der Waals surface area (Å²) >= 11 is 0. The summed E-state index contributed by atoms with van der Waals surface area (Å²) in [5, 5.41) is 15.6. The van der Waals surface area contributed by atoms with Gasteiger partial charge in [0.05, 0.1) is 12.1 Å². The second-order valence-electron chi connectivity index (χ2n) is 6.40. The maximum absolute atomic E-state index is 12.1. The van der Waals surface area contributed by atoms with Crippen molar-refractivity contribution in [2.45, 2.75) is 51.0 Å². The van der Waals surface area contributed by atoms with Crippen LogP contribution in [0.1, 0.15) is 44.6 Å². The lowest BCUT2D eigenvalue weighted by atomic mass is 9.76. The second-order valence-corrected chi connectivity index (χ2v) is 6.40. The number of aromatic nitrogens is 1. The molecular formula is C17H27N3O2. The van der Waals surface area contributed by atoms with Crippen molar-refractivity contribution < 1.29 is 9.90 Å². The van der Waals surface area contributed by atoms with E-state index in [9.17, 15) is 9.90 Å². The summed E-state index contributed by atoms with van der Waals surface area (Å²) < 4.78 is 0. The maximum Gasteiger partial charge on any atom is 0.315 e. The van der Waals surface area contributed by atoms with Crippen molar-refractivity contribution in [3.63, 3.8) is 0 Å². The van der Waals surface area contributed by atoms with Gasteiger partial charge in [0.1, 0.15) is 0 Å². The number of aliphatic hydroxyl groups is 1. The van der Waals surface area contributed by atoms with Gasteiger partial charge in [-0.15, -0.1) is 0 Å². The largest absolute Gasteiger partial charge is 0.394 e. The molecule has 22 heavy (non-hydrogen) atoms. The Kier molecular flexibility index (Phi) is 6.19. The van der Waals surface area contributed by atoms with Crippen molar-refractivity contribution in [3.05, 3.63) is 30.1 Å². The number of nitrogens with zero attached hydrogens (tertiary/aromatic N) is 1. The predicted octanol–water partition coefficient (Wildman–Crippen LogP) is 2.25. The lowest BCUT2D eigenvalue weighted by molar-refractivity contribution is 0.101. The zero-order valence-electron chi connectivity index (χ0n) is 13.3. The zero-order chi connectivity index (χ0) is 15.8. The van der Waals surface area contributed by atoms with Crippen LogP contribution in [0.3, 0.4) is 0 Å². The van der Waals surface area contributed by atoms with Gasteiger partial charge in [0.25, 0.3) is 0 Å². The molecule has 1 fully saturated rings. The van der Waals surface area contributed by atoms with Crippen LogP contribution in [0.2, 0.25) is 0 Å². The second kappa shape index (κ2) is 8.13. The first-order chi connectivity index (χ1) is 10.6. The van der Waals surface area contributed by atoms with E-state index < -0.39 is 5.54 Å². The number of hydrogen-bond acceptors (Lipinski definition) is 3. The number of hydrogen-bond donors (Lipinski definition) is 3. The molecule has 1 atom stereocenters. The maximum atomic E-state index is 12.1. The highest BCUT2D eigenvalue weighted by atomic mass is 16.3. The molecule has 1 aromatic heterocycles. The molecule has 2 amide bonds. The summed E-state index contributed by atoms with van der Waals surface area (Å²) in [6.07, 6.45) is 10.1. The minimum Gasteiger partial charge on any atom is -0.394 e. The number of aliphatic hydroxyl groups excluding tert-OH is 1. The third-order valence-electron chi connectivity index (χ3n) is 4.66. The Labute approximate surface area is 132 Å². The van der Waals surface area contributed by atoms with E-state index in [0.29, 0.717) is 12.5 Å². The van der Waals surface area contributed by atoms with Gasteiger partial charge >= 0.3 is 6.03 Å². The van der Waals surface area contributed by atoms with Crippen LogP contribution in [-0.2, 0) is 6.42 Å². The summed E-state index contributed by atoms with van der Waals surface area (Å²) in [7, 11) is 0. The molecule has 5 nitrogen and oxygen atoms in total. The van der Waals surface area contributed by atoms with Gasteiger partial charge in [-0.2, -0.15) is 0 Å². The fourth-order valence-corrected chi connectivity index (χ4v) is 3.18. The number of amides is 2. The number of pyridine rings is 1. The summed E-state index contributed by atoms with van der Waals surface area (Å²) in [6.45, 7) is 2.49. The smallest absolute Gasteiger partial charge is 0.315 e. The van der Waals surface area contributed by atoms with Gasteiger partial charge in [0, 0.05) is 18.9 Å². The van der Waals surface area contributed by atoms with Crippen LogP contribution >= 0.6 is 0 Å². The Morgan fingerprint density at radius 1 is 1.41 bits per heavy atom. The van der Waals surface area contributed by atoms with Crippen molar-refractivity contribution in [1.29, 1.82) is 0 Å². The average Bonchev–Trinajstić information content (AvgIpc) is 2.56. The molecule has 1 aromatic rings. The molecule has 1 heterocycles. The molecule has 0 spiro atoms. The molecule has 0 saturated heterocycles. The van der Waals surface area contributed by atoms with Crippen molar-refractivity contribution in [1.82, 2.24) is 15.6 Å². The molecule has 3 N–H and O–H groups in total. The number of urea groups is 1. The van der Waals surface area contributed by atoms with Crippen LogP contribution < -0.4 is 10.6 Å². The topological polar surface area (TPSA) is 74.2 Å². The summed E-state index contributed by atoms with van der Waals surface area (Å²) in [4.78, 5) is 16.2. The van der Waals surface area contributed by atoms with E-state index in [2.05, 4.69) is 15.6 Å². The van der Waals surface area contributed by atoms with Gasteiger partial charge in [-0.05, 0) is 43.7 Å². The molecule has 2 rings (SSSR count). The molecule has 1 aliphatic rings. The predicted molar refractivity (Wildman–Crippen MR) is 86.5 cm³/mol. The van der Waals surface area contributed by atoms with Gasteiger partial charge in [-0.1, -0.05) is 25.3 Å². The van der Waals surface area contributed by atoms with E-state index in [1.165, 1.54) is 19.3 Å². The SMILES string of the molecule is CC(CO)(NC(=O)NCCc1cccnc1)C1CCCCC1. The molecule has 0 bridgehead atoms. The van der Waals surface area contributed by atoms with Gasteiger partial charge in [0.15, 0.2) is 0 Å². The van der Waals surface area contributed by atoms with Gasteiger partial charge < -0.3 is 15.7 Å². The molecule has 0 aliphatic heterocycles. The van der Waals surface area contributed by atoms with Crippen molar-refractivity contribution in [3.8, 4) is 0 Å². The first-order valence-electron chi connectivity index (χ1n) is 8.20. The van der Waals surface area contributed by atoms with Gasteiger partial charge in [-0.3, -0.25) is 4.98 Å². The highest BCUT2D eigenvalue weighted by Crippen LogP contribution is 2.32. The number of carbonyl (C=O) groups is 1. The normalized spacial score (nSPS) is 18.5. The molecular weight excluding hydrogens is 278 g/mol. The van der Waals surface area contributed by atoms with Gasteiger partial charge in [-0.25, -0.2) is 4.79 Å². The van der Waals surface area contributed by atoms with E-state index in [1.807, 2.05) is 19.1 Å². The van der Waals surface area contributed by atoms with E-state index in [-0.39, 0.29) is 12.6 Å². The van der Waals surface area contributed by atoms with E-state index in [0.717, 1.165) is 24.8 Å². The molecule has 0 radical (unpaired) electrons. The van der Waals surface area contributed by atoms with Crippen LogP contribution in [0, 0.1) is 5.92 Å². The summed E-state index contributed by atoms with van der Waals surface area (Å²) in [6, 6.07) is 3.68. The van der Waals surface area contributed by atoms with Crippen LogP contribution in [0.15, 0.2) is 24.5 Å². The minimum absolute atomic E-state index is 0.0201. The molecule has 1 aliphatic carbocycles. The lowest BCUT2D eigenvalue weighted by Crippen LogP contribution is -2.57. The molecule has 122 valence electrons. The number of carbonyl (C=O) groups excluding carboxylic acids is 1. The first kappa shape index (κ1) is 16.7. The Bertz CT molecular complexity index is 460.